The average molecular weight is 347 g/mol. The molecule has 3 N–H and O–H groups in total. The number of para-hydroxylation sites is 1. The van der Waals surface area contributed by atoms with E-state index in [1.807, 2.05) is 13.0 Å². The minimum atomic E-state index is -4.46. The summed E-state index contributed by atoms with van der Waals surface area (Å²) in [5.41, 5.74) is 7.37. The van der Waals surface area contributed by atoms with Crippen molar-refractivity contribution >= 4 is 17.3 Å². The number of aliphatic imine (C=N–C) groups is 1. The van der Waals surface area contributed by atoms with Crippen LogP contribution in [0.1, 0.15) is 22.3 Å². The van der Waals surface area contributed by atoms with E-state index in [-0.39, 0.29) is 18.0 Å². The highest BCUT2D eigenvalue weighted by molar-refractivity contribution is 6.20. The lowest BCUT2D eigenvalue weighted by Crippen LogP contribution is -2.32. The van der Waals surface area contributed by atoms with Gasteiger partial charge in [-0.25, -0.2) is 0 Å². The molecule has 1 unspecified atom stereocenters. The first kappa shape index (κ1) is 17.2. The Hall–Kier alpha value is -2.67. The van der Waals surface area contributed by atoms with Gasteiger partial charge in [-0.3, -0.25) is 9.79 Å². The third-order valence-electron chi connectivity index (χ3n) is 4.05. The molecule has 0 saturated carbocycles. The van der Waals surface area contributed by atoms with Gasteiger partial charge in [0, 0.05) is 17.7 Å². The topological polar surface area (TPSA) is 67.5 Å². The van der Waals surface area contributed by atoms with Crippen LogP contribution in [0.3, 0.4) is 0 Å². The zero-order chi connectivity index (χ0) is 18.2. The lowest BCUT2D eigenvalue weighted by Gasteiger charge is -2.14. The number of nitrogens with zero attached hydrogens (tertiary/aromatic N) is 1. The van der Waals surface area contributed by atoms with Gasteiger partial charge in [0.1, 0.15) is 6.04 Å². The van der Waals surface area contributed by atoms with Gasteiger partial charge in [0.05, 0.1) is 17.0 Å². The predicted molar refractivity (Wildman–Crippen MR) is 89.7 cm³/mol. The van der Waals surface area contributed by atoms with Gasteiger partial charge in [-0.1, -0.05) is 30.3 Å². The molecule has 1 aliphatic rings. The molecule has 25 heavy (non-hydrogen) atoms. The molecule has 3 rings (SSSR count). The van der Waals surface area contributed by atoms with Crippen molar-refractivity contribution in [2.45, 2.75) is 19.1 Å². The minimum Gasteiger partial charge on any atom is -0.328 e. The van der Waals surface area contributed by atoms with Crippen LogP contribution in [-0.2, 0) is 11.0 Å². The Bertz CT molecular complexity index is 859. The Morgan fingerprint density at radius 2 is 1.92 bits per heavy atom. The van der Waals surface area contributed by atoms with Crippen LogP contribution in [0, 0.1) is 6.92 Å². The number of alkyl halides is 3. The molecule has 0 saturated heterocycles. The van der Waals surface area contributed by atoms with Crippen LogP contribution < -0.4 is 11.1 Å². The summed E-state index contributed by atoms with van der Waals surface area (Å²) >= 11 is 0. The van der Waals surface area contributed by atoms with Crippen LogP contribution >= 0.6 is 0 Å². The molecule has 1 heterocycles. The summed E-state index contributed by atoms with van der Waals surface area (Å²) in [7, 11) is 0. The first-order chi connectivity index (χ1) is 11.8. The number of carbonyl (C=O) groups is 1. The maximum absolute atomic E-state index is 13.1. The Morgan fingerprint density at radius 3 is 2.60 bits per heavy atom. The highest BCUT2D eigenvalue weighted by Gasteiger charge is 2.32. The molecule has 2 aromatic rings. The van der Waals surface area contributed by atoms with Crippen molar-refractivity contribution in [1.82, 2.24) is 0 Å². The van der Waals surface area contributed by atoms with E-state index in [9.17, 15) is 18.0 Å². The summed E-state index contributed by atoms with van der Waals surface area (Å²) in [4.78, 5) is 16.6. The molecule has 7 heteroatoms. The monoisotopic (exact) mass is 347 g/mol. The third kappa shape index (κ3) is 3.28. The van der Waals surface area contributed by atoms with Crippen LogP contribution in [-0.4, -0.2) is 24.2 Å². The molecule has 0 fully saturated rings. The van der Waals surface area contributed by atoms with Crippen LogP contribution in [0.4, 0.5) is 18.9 Å². The molecule has 0 aliphatic carbocycles. The second-order valence-electron chi connectivity index (χ2n) is 5.79. The van der Waals surface area contributed by atoms with Gasteiger partial charge in [0.15, 0.2) is 0 Å². The van der Waals surface area contributed by atoms with E-state index in [1.165, 1.54) is 6.07 Å². The third-order valence-corrected chi connectivity index (χ3v) is 4.05. The summed E-state index contributed by atoms with van der Waals surface area (Å²) in [6.45, 7) is 1.77. The molecule has 2 aromatic carbocycles. The molecule has 4 nitrogen and oxygen atoms in total. The van der Waals surface area contributed by atoms with Crippen LogP contribution in [0.15, 0.2) is 47.5 Å². The average Bonchev–Trinajstić information content (AvgIpc) is 2.71. The number of halogens is 3. The number of aryl methyl sites for hydroxylation is 1. The largest absolute Gasteiger partial charge is 0.416 e. The standard InChI is InChI=1S/C18H16F3N3O/c1-10-4-2-7-13-15(10)24-17(25)14(9-22)23-16(13)11-5-3-6-12(8-11)18(19,20)21/h2-8,14H,9,22H2,1H3,(H,24,25). The number of amides is 1. The van der Waals surface area contributed by atoms with Gasteiger partial charge in [-0.15, -0.1) is 0 Å². The summed E-state index contributed by atoms with van der Waals surface area (Å²) in [6, 6.07) is 9.35. The smallest absolute Gasteiger partial charge is 0.328 e. The quantitative estimate of drug-likeness (QED) is 0.876. The maximum atomic E-state index is 13.1. The second-order valence-corrected chi connectivity index (χ2v) is 5.79. The zero-order valence-electron chi connectivity index (χ0n) is 13.4. The van der Waals surface area contributed by atoms with Crippen molar-refractivity contribution in [3.63, 3.8) is 0 Å². The number of nitrogens with one attached hydrogen (secondary N) is 1. The molecule has 0 aromatic heterocycles. The zero-order valence-corrected chi connectivity index (χ0v) is 13.4. The van der Waals surface area contributed by atoms with Gasteiger partial charge in [0.2, 0.25) is 0 Å². The number of benzodiazepines with no additional fused rings is 1. The Morgan fingerprint density at radius 1 is 1.20 bits per heavy atom. The summed E-state index contributed by atoms with van der Waals surface area (Å²) in [5.74, 6) is -0.375. The molecule has 0 bridgehead atoms. The number of hydrogen-bond acceptors (Lipinski definition) is 3. The molecular formula is C18H16F3N3O. The predicted octanol–water partition coefficient (Wildman–Crippen LogP) is 3.13. The molecule has 1 atom stereocenters. The first-order valence-electron chi connectivity index (χ1n) is 7.67. The molecule has 0 spiro atoms. The molecule has 0 radical (unpaired) electrons. The van der Waals surface area contributed by atoms with Crippen molar-refractivity contribution in [3.05, 3.63) is 64.7 Å². The highest BCUT2D eigenvalue weighted by Crippen LogP contribution is 2.32. The number of rotatable bonds is 2. The van der Waals surface area contributed by atoms with E-state index in [0.717, 1.165) is 17.7 Å². The van der Waals surface area contributed by atoms with Crippen molar-refractivity contribution in [3.8, 4) is 0 Å². The lowest BCUT2D eigenvalue weighted by molar-refractivity contribution is -0.137. The second kappa shape index (κ2) is 6.33. The fraction of sp³-hybridized carbons (Fsp3) is 0.222. The van der Waals surface area contributed by atoms with Gasteiger partial charge >= 0.3 is 6.18 Å². The molecule has 1 aliphatic heterocycles. The highest BCUT2D eigenvalue weighted by atomic mass is 19.4. The Labute approximate surface area is 142 Å². The van der Waals surface area contributed by atoms with E-state index >= 15 is 0 Å². The summed E-state index contributed by atoms with van der Waals surface area (Å²) < 4.78 is 39.2. The van der Waals surface area contributed by atoms with Crippen LogP contribution in [0.2, 0.25) is 0 Å². The van der Waals surface area contributed by atoms with Crippen molar-refractivity contribution in [2.24, 2.45) is 10.7 Å². The molecule has 130 valence electrons. The number of anilines is 1. The normalized spacial score (nSPS) is 17.4. The van der Waals surface area contributed by atoms with E-state index in [2.05, 4.69) is 10.3 Å². The van der Waals surface area contributed by atoms with E-state index in [4.69, 9.17) is 5.73 Å². The summed E-state index contributed by atoms with van der Waals surface area (Å²) in [6.07, 6.45) is -4.46. The van der Waals surface area contributed by atoms with Crippen molar-refractivity contribution in [2.75, 3.05) is 11.9 Å². The number of benzene rings is 2. The van der Waals surface area contributed by atoms with Gasteiger partial charge in [0.25, 0.3) is 5.91 Å². The minimum absolute atomic E-state index is 0.0403. The van der Waals surface area contributed by atoms with Crippen molar-refractivity contribution < 1.29 is 18.0 Å². The van der Waals surface area contributed by atoms with E-state index in [0.29, 0.717) is 17.0 Å². The van der Waals surface area contributed by atoms with Crippen LogP contribution in [0.25, 0.3) is 0 Å². The first-order valence-corrected chi connectivity index (χ1v) is 7.67. The SMILES string of the molecule is Cc1cccc2c1NC(=O)C(CN)N=C2c1cccc(C(F)(F)F)c1. The number of hydrogen-bond donors (Lipinski definition) is 2. The van der Waals surface area contributed by atoms with Crippen molar-refractivity contribution in [1.29, 1.82) is 0 Å². The molecular weight excluding hydrogens is 331 g/mol. The number of carbonyl (C=O) groups excluding carboxylic acids is 1. The van der Waals surface area contributed by atoms with Gasteiger partial charge < -0.3 is 11.1 Å². The Balaban J connectivity index is 2.22. The Kier molecular flexibility index (Phi) is 4.34. The van der Waals surface area contributed by atoms with E-state index in [1.54, 1.807) is 18.2 Å². The van der Waals surface area contributed by atoms with Gasteiger partial charge in [-0.2, -0.15) is 13.2 Å². The molecule has 1 amide bonds. The fourth-order valence-corrected chi connectivity index (χ4v) is 2.75. The fourth-order valence-electron chi connectivity index (χ4n) is 2.75. The summed E-state index contributed by atoms with van der Waals surface area (Å²) in [5, 5.41) is 2.78. The lowest BCUT2D eigenvalue weighted by atomic mass is 9.97. The number of nitrogens with two attached hydrogens (primary N) is 1. The van der Waals surface area contributed by atoms with Gasteiger partial charge in [-0.05, 0) is 24.6 Å². The van der Waals surface area contributed by atoms with E-state index < -0.39 is 17.8 Å². The number of fused-ring (bicyclic) bond motifs is 1. The van der Waals surface area contributed by atoms with Crippen LogP contribution in [0.5, 0.6) is 0 Å². The maximum Gasteiger partial charge on any atom is 0.416 e.